The number of amidine groups is 1. The van der Waals surface area contributed by atoms with Gasteiger partial charge in [-0.05, 0) is 49.1 Å². The number of piperidine rings is 1. The molecule has 0 radical (unpaired) electrons. The minimum atomic E-state index is -0.103. The van der Waals surface area contributed by atoms with Gasteiger partial charge in [0.15, 0.2) is 5.17 Å². The Balaban J connectivity index is 1.73. The highest BCUT2D eigenvalue weighted by molar-refractivity contribution is 8.18. The van der Waals surface area contributed by atoms with E-state index >= 15 is 0 Å². The number of carbonyl (C=O) groups excluding carboxylic acids is 1. The molecule has 1 aromatic rings. The fourth-order valence-corrected chi connectivity index (χ4v) is 3.66. The van der Waals surface area contributed by atoms with Crippen LogP contribution in [0.2, 0.25) is 0 Å². The number of carbonyl (C=O) groups is 1. The van der Waals surface area contributed by atoms with Crippen LogP contribution in [0.1, 0.15) is 30.9 Å². The molecule has 2 heterocycles. The smallest absolute Gasteiger partial charge is 0.286 e. The van der Waals surface area contributed by atoms with Gasteiger partial charge in [-0.1, -0.05) is 36.8 Å². The highest BCUT2D eigenvalue weighted by Gasteiger charge is 2.28. The monoisotopic (exact) mass is 300 g/mol. The normalized spacial score (nSPS) is 24.6. The molecular weight excluding hydrogens is 280 g/mol. The van der Waals surface area contributed by atoms with Gasteiger partial charge in [0.25, 0.3) is 5.91 Å². The lowest BCUT2D eigenvalue weighted by molar-refractivity contribution is -0.113. The maximum absolute atomic E-state index is 12.1. The van der Waals surface area contributed by atoms with Crippen molar-refractivity contribution in [3.8, 4) is 0 Å². The van der Waals surface area contributed by atoms with E-state index in [9.17, 15) is 4.79 Å². The third kappa shape index (κ3) is 3.38. The quantitative estimate of drug-likeness (QED) is 0.741. The van der Waals surface area contributed by atoms with Gasteiger partial charge in [-0.25, -0.2) is 0 Å². The van der Waals surface area contributed by atoms with E-state index < -0.39 is 0 Å². The minimum Gasteiger partial charge on any atom is -0.351 e. The van der Waals surface area contributed by atoms with Gasteiger partial charge in [-0.3, -0.25) is 4.79 Å². The third-order valence-corrected chi connectivity index (χ3v) is 4.96. The second-order valence-electron chi connectivity index (χ2n) is 5.91. The van der Waals surface area contributed by atoms with Crippen LogP contribution in [0.3, 0.4) is 0 Å². The molecule has 1 atom stereocenters. The zero-order valence-electron chi connectivity index (χ0n) is 12.5. The molecule has 110 valence electrons. The van der Waals surface area contributed by atoms with Crippen LogP contribution < -0.4 is 0 Å². The fourth-order valence-electron chi connectivity index (χ4n) is 2.71. The highest BCUT2D eigenvalue weighted by atomic mass is 32.2. The van der Waals surface area contributed by atoms with Gasteiger partial charge in [0.1, 0.15) is 0 Å². The molecule has 0 aliphatic carbocycles. The zero-order valence-corrected chi connectivity index (χ0v) is 13.3. The molecule has 3 rings (SSSR count). The molecule has 0 aromatic heterocycles. The van der Waals surface area contributed by atoms with Crippen molar-refractivity contribution in [2.75, 3.05) is 13.1 Å². The first kappa shape index (κ1) is 14.4. The largest absolute Gasteiger partial charge is 0.351 e. The molecule has 0 saturated carbocycles. The van der Waals surface area contributed by atoms with Crippen molar-refractivity contribution in [1.29, 1.82) is 0 Å². The van der Waals surface area contributed by atoms with Crippen LogP contribution in [0.25, 0.3) is 6.08 Å². The number of aryl methyl sites for hydroxylation is 1. The van der Waals surface area contributed by atoms with E-state index in [0.29, 0.717) is 5.92 Å². The maximum Gasteiger partial charge on any atom is 0.286 e. The average molecular weight is 300 g/mol. The van der Waals surface area contributed by atoms with Crippen molar-refractivity contribution in [2.24, 2.45) is 10.9 Å². The van der Waals surface area contributed by atoms with Crippen molar-refractivity contribution < 1.29 is 4.79 Å². The lowest BCUT2D eigenvalue weighted by Gasteiger charge is -2.31. The predicted octanol–water partition coefficient (Wildman–Crippen LogP) is 3.70. The first-order chi connectivity index (χ1) is 10.1. The van der Waals surface area contributed by atoms with Gasteiger partial charge in [-0.15, -0.1) is 0 Å². The van der Waals surface area contributed by atoms with Crippen LogP contribution in [-0.4, -0.2) is 29.1 Å². The molecule has 21 heavy (non-hydrogen) atoms. The SMILES string of the molecule is Cc1ccc(/C=C2\SC(N3CCCC(C)C3)=NC2=O)cc1. The molecule has 1 aromatic carbocycles. The first-order valence-corrected chi connectivity index (χ1v) is 8.27. The molecule has 1 amide bonds. The Labute approximate surface area is 130 Å². The van der Waals surface area contributed by atoms with Crippen molar-refractivity contribution in [1.82, 2.24) is 4.90 Å². The molecule has 4 heteroatoms. The number of aliphatic imine (C=N–C) groups is 1. The second-order valence-corrected chi connectivity index (χ2v) is 6.92. The number of amides is 1. The fraction of sp³-hybridized carbons (Fsp3) is 0.412. The first-order valence-electron chi connectivity index (χ1n) is 7.46. The standard InChI is InChI=1S/C17H20N2OS/c1-12-5-7-14(8-6-12)10-15-16(20)18-17(21-15)19-9-3-4-13(2)11-19/h5-8,10,13H,3-4,9,11H2,1-2H3/b15-10-. The molecule has 1 unspecified atom stereocenters. The summed E-state index contributed by atoms with van der Waals surface area (Å²) < 4.78 is 0. The number of thioether (sulfide) groups is 1. The molecule has 1 saturated heterocycles. The van der Waals surface area contributed by atoms with Crippen LogP contribution in [0.15, 0.2) is 34.2 Å². The molecule has 1 fully saturated rings. The summed E-state index contributed by atoms with van der Waals surface area (Å²) in [6.07, 6.45) is 4.40. The average Bonchev–Trinajstić information content (AvgIpc) is 2.83. The number of hydrogen-bond donors (Lipinski definition) is 0. The van der Waals surface area contributed by atoms with E-state index in [1.165, 1.54) is 30.2 Å². The van der Waals surface area contributed by atoms with Crippen LogP contribution >= 0.6 is 11.8 Å². The van der Waals surface area contributed by atoms with E-state index in [4.69, 9.17) is 0 Å². The maximum atomic E-state index is 12.1. The van der Waals surface area contributed by atoms with Gasteiger partial charge < -0.3 is 4.90 Å². The van der Waals surface area contributed by atoms with Gasteiger partial charge in [0.2, 0.25) is 0 Å². The van der Waals surface area contributed by atoms with Crippen molar-refractivity contribution >= 4 is 28.9 Å². The Bertz CT molecular complexity index is 604. The van der Waals surface area contributed by atoms with Crippen molar-refractivity contribution in [3.63, 3.8) is 0 Å². The van der Waals surface area contributed by atoms with E-state index in [1.54, 1.807) is 0 Å². The number of likely N-dealkylation sites (tertiary alicyclic amines) is 1. The predicted molar refractivity (Wildman–Crippen MR) is 89.2 cm³/mol. The molecule has 2 aliphatic heterocycles. The lowest BCUT2D eigenvalue weighted by Crippen LogP contribution is -2.37. The molecule has 0 N–H and O–H groups in total. The summed E-state index contributed by atoms with van der Waals surface area (Å²) in [5, 5.41) is 0.880. The lowest BCUT2D eigenvalue weighted by atomic mass is 10.0. The van der Waals surface area contributed by atoms with Crippen LogP contribution in [-0.2, 0) is 4.79 Å². The van der Waals surface area contributed by atoms with E-state index in [1.807, 2.05) is 18.2 Å². The third-order valence-electron chi connectivity index (χ3n) is 3.91. The van der Waals surface area contributed by atoms with E-state index in [0.717, 1.165) is 28.7 Å². The summed E-state index contributed by atoms with van der Waals surface area (Å²) in [4.78, 5) is 19.3. The topological polar surface area (TPSA) is 32.7 Å². The summed E-state index contributed by atoms with van der Waals surface area (Å²) in [6.45, 7) is 6.35. The summed E-state index contributed by atoms with van der Waals surface area (Å²) in [5.74, 6) is 0.580. The Morgan fingerprint density at radius 2 is 2.10 bits per heavy atom. The molecule has 2 aliphatic rings. The summed E-state index contributed by atoms with van der Waals surface area (Å²) in [6, 6.07) is 8.20. The van der Waals surface area contributed by atoms with Crippen molar-refractivity contribution in [2.45, 2.75) is 26.7 Å². The van der Waals surface area contributed by atoms with E-state index in [-0.39, 0.29) is 5.91 Å². The van der Waals surface area contributed by atoms with Gasteiger partial charge in [0, 0.05) is 13.1 Å². The number of rotatable bonds is 1. The summed E-state index contributed by atoms with van der Waals surface area (Å²) in [5.41, 5.74) is 2.28. The minimum absolute atomic E-state index is 0.103. The Kier molecular flexibility index (Phi) is 4.15. The van der Waals surface area contributed by atoms with Gasteiger partial charge in [-0.2, -0.15) is 4.99 Å². The number of hydrogen-bond acceptors (Lipinski definition) is 3. The van der Waals surface area contributed by atoms with Gasteiger partial charge >= 0.3 is 0 Å². The van der Waals surface area contributed by atoms with Crippen LogP contribution in [0.4, 0.5) is 0 Å². The van der Waals surface area contributed by atoms with E-state index in [2.05, 4.69) is 35.9 Å². The zero-order chi connectivity index (χ0) is 14.8. The highest BCUT2D eigenvalue weighted by Crippen LogP contribution is 2.32. The number of benzene rings is 1. The number of nitrogens with zero attached hydrogens (tertiary/aromatic N) is 2. The summed E-state index contributed by atoms with van der Waals surface area (Å²) >= 11 is 1.51. The molecular formula is C17H20N2OS. The Morgan fingerprint density at radius 3 is 2.81 bits per heavy atom. The Hall–Kier alpha value is -1.55. The second kappa shape index (κ2) is 6.06. The molecule has 0 spiro atoms. The van der Waals surface area contributed by atoms with Gasteiger partial charge in [0.05, 0.1) is 4.91 Å². The van der Waals surface area contributed by atoms with Crippen molar-refractivity contribution in [3.05, 3.63) is 40.3 Å². The van der Waals surface area contributed by atoms with Crippen LogP contribution in [0.5, 0.6) is 0 Å². The van der Waals surface area contributed by atoms with Crippen LogP contribution in [0, 0.1) is 12.8 Å². The summed E-state index contributed by atoms with van der Waals surface area (Å²) in [7, 11) is 0. The Morgan fingerprint density at radius 1 is 1.33 bits per heavy atom. The molecule has 3 nitrogen and oxygen atoms in total. The molecule has 0 bridgehead atoms.